The lowest BCUT2D eigenvalue weighted by atomic mass is 9.71. The smallest absolute Gasteiger partial charge is 0.306 e. The van der Waals surface area contributed by atoms with Crippen molar-refractivity contribution in [3.63, 3.8) is 0 Å². The third-order valence-electron chi connectivity index (χ3n) is 4.40. The highest BCUT2D eigenvalue weighted by Crippen LogP contribution is 2.38. The summed E-state index contributed by atoms with van der Waals surface area (Å²) in [5.41, 5.74) is 0. The van der Waals surface area contributed by atoms with Crippen molar-refractivity contribution in [2.45, 2.75) is 51.9 Å². The van der Waals surface area contributed by atoms with Crippen molar-refractivity contribution in [2.75, 3.05) is 26.9 Å². The maximum atomic E-state index is 11.4. The highest BCUT2D eigenvalue weighted by atomic mass is 16.5. The van der Waals surface area contributed by atoms with Crippen LogP contribution in [0.3, 0.4) is 0 Å². The van der Waals surface area contributed by atoms with E-state index in [2.05, 4.69) is 6.92 Å². The minimum atomic E-state index is -0.606. The number of ether oxygens (including phenoxy) is 2. The second-order valence-corrected chi connectivity index (χ2v) is 5.92. The second kappa shape index (κ2) is 10.2. The molecule has 1 aliphatic rings. The zero-order chi connectivity index (χ0) is 14.8. The molecule has 1 aliphatic carbocycles. The summed E-state index contributed by atoms with van der Waals surface area (Å²) in [5, 5.41) is 9.35. The first kappa shape index (κ1) is 17.4. The molecule has 0 aliphatic heterocycles. The fourth-order valence-corrected chi connectivity index (χ4v) is 3.37. The summed E-state index contributed by atoms with van der Waals surface area (Å²) >= 11 is 0. The molecule has 0 radical (unpaired) electrons. The van der Waals surface area contributed by atoms with Gasteiger partial charge in [0.05, 0.1) is 19.1 Å². The van der Waals surface area contributed by atoms with Gasteiger partial charge in [0, 0.05) is 13.7 Å². The van der Waals surface area contributed by atoms with Crippen molar-refractivity contribution in [1.29, 1.82) is 0 Å². The Morgan fingerprint density at radius 3 is 2.65 bits per heavy atom. The first-order valence-corrected chi connectivity index (χ1v) is 7.98. The number of hydrogen-bond donors (Lipinski definition) is 1. The quantitative estimate of drug-likeness (QED) is 0.626. The van der Waals surface area contributed by atoms with E-state index in [9.17, 15) is 9.90 Å². The fraction of sp³-hybridized carbons (Fsp3) is 0.938. The molecule has 118 valence electrons. The van der Waals surface area contributed by atoms with Gasteiger partial charge in [-0.25, -0.2) is 0 Å². The van der Waals surface area contributed by atoms with Gasteiger partial charge < -0.3 is 14.6 Å². The number of carbonyl (C=O) groups is 1. The Kier molecular flexibility index (Phi) is 8.86. The van der Waals surface area contributed by atoms with Crippen molar-refractivity contribution in [1.82, 2.24) is 0 Å². The van der Waals surface area contributed by atoms with Gasteiger partial charge in [-0.3, -0.25) is 4.79 Å². The SMILES string of the molecule is CCCC1CCC(C(=O)O)C(CCCOCCOC)C1. The van der Waals surface area contributed by atoms with Crippen LogP contribution in [0, 0.1) is 17.8 Å². The Morgan fingerprint density at radius 1 is 1.20 bits per heavy atom. The van der Waals surface area contributed by atoms with Crippen molar-refractivity contribution in [3.8, 4) is 0 Å². The third kappa shape index (κ3) is 6.23. The van der Waals surface area contributed by atoms with E-state index in [1.165, 1.54) is 12.8 Å². The first-order chi connectivity index (χ1) is 9.69. The zero-order valence-corrected chi connectivity index (χ0v) is 13.0. The molecule has 20 heavy (non-hydrogen) atoms. The Labute approximate surface area is 122 Å². The average molecular weight is 286 g/mol. The molecule has 0 heterocycles. The average Bonchev–Trinajstić information content (AvgIpc) is 2.43. The maximum Gasteiger partial charge on any atom is 0.306 e. The van der Waals surface area contributed by atoms with Gasteiger partial charge >= 0.3 is 5.97 Å². The van der Waals surface area contributed by atoms with Crippen LogP contribution in [0.5, 0.6) is 0 Å². The molecule has 0 spiro atoms. The lowest BCUT2D eigenvalue weighted by Crippen LogP contribution is -2.31. The summed E-state index contributed by atoms with van der Waals surface area (Å²) in [6.45, 7) is 4.17. The highest BCUT2D eigenvalue weighted by Gasteiger charge is 2.34. The van der Waals surface area contributed by atoms with E-state index in [-0.39, 0.29) is 5.92 Å². The summed E-state index contributed by atoms with van der Waals surface area (Å²) < 4.78 is 10.4. The van der Waals surface area contributed by atoms with Crippen molar-refractivity contribution in [2.24, 2.45) is 17.8 Å². The van der Waals surface area contributed by atoms with Gasteiger partial charge in [-0.15, -0.1) is 0 Å². The van der Waals surface area contributed by atoms with Gasteiger partial charge in [-0.2, -0.15) is 0 Å². The summed E-state index contributed by atoms with van der Waals surface area (Å²) in [4.78, 5) is 11.4. The van der Waals surface area contributed by atoms with Crippen LogP contribution in [-0.2, 0) is 14.3 Å². The molecule has 0 saturated heterocycles. The Morgan fingerprint density at radius 2 is 2.00 bits per heavy atom. The van der Waals surface area contributed by atoms with Gasteiger partial charge in [-0.1, -0.05) is 19.8 Å². The van der Waals surface area contributed by atoms with Crippen LogP contribution < -0.4 is 0 Å². The molecular weight excluding hydrogens is 256 g/mol. The van der Waals surface area contributed by atoms with E-state index >= 15 is 0 Å². The monoisotopic (exact) mass is 286 g/mol. The van der Waals surface area contributed by atoms with E-state index in [1.54, 1.807) is 7.11 Å². The van der Waals surface area contributed by atoms with Gasteiger partial charge in [0.25, 0.3) is 0 Å². The van der Waals surface area contributed by atoms with Crippen LogP contribution in [0.2, 0.25) is 0 Å². The molecule has 0 amide bonds. The lowest BCUT2D eigenvalue weighted by Gasteiger charge is -2.34. The number of aliphatic carboxylic acids is 1. The Hall–Kier alpha value is -0.610. The van der Waals surface area contributed by atoms with Gasteiger partial charge in [0.15, 0.2) is 0 Å². The topological polar surface area (TPSA) is 55.8 Å². The van der Waals surface area contributed by atoms with Crippen molar-refractivity contribution < 1.29 is 19.4 Å². The van der Waals surface area contributed by atoms with Crippen LogP contribution in [0.25, 0.3) is 0 Å². The highest BCUT2D eigenvalue weighted by molar-refractivity contribution is 5.70. The van der Waals surface area contributed by atoms with Gasteiger partial charge in [-0.05, 0) is 43.9 Å². The van der Waals surface area contributed by atoms with Gasteiger partial charge in [0.2, 0.25) is 0 Å². The molecule has 1 rings (SSSR count). The molecule has 0 aromatic heterocycles. The normalized spacial score (nSPS) is 26.6. The summed E-state index contributed by atoms with van der Waals surface area (Å²) in [6.07, 6.45) is 7.41. The molecule has 0 aromatic carbocycles. The molecular formula is C16H30O4. The minimum Gasteiger partial charge on any atom is -0.481 e. The van der Waals surface area contributed by atoms with Crippen LogP contribution in [-0.4, -0.2) is 38.0 Å². The lowest BCUT2D eigenvalue weighted by molar-refractivity contribution is -0.145. The number of rotatable bonds is 10. The number of methoxy groups -OCH3 is 1. The molecule has 3 atom stereocenters. The number of carboxylic acid groups (broad SMARTS) is 1. The Balaban J connectivity index is 2.30. The molecule has 0 bridgehead atoms. The van der Waals surface area contributed by atoms with E-state index in [0.717, 1.165) is 38.0 Å². The summed E-state index contributed by atoms with van der Waals surface area (Å²) in [6, 6.07) is 0. The molecule has 1 fully saturated rings. The summed E-state index contributed by atoms with van der Waals surface area (Å²) in [7, 11) is 1.66. The number of hydrogen-bond acceptors (Lipinski definition) is 3. The first-order valence-electron chi connectivity index (χ1n) is 7.98. The summed E-state index contributed by atoms with van der Waals surface area (Å²) in [5.74, 6) is 0.325. The van der Waals surface area contributed by atoms with Gasteiger partial charge in [0.1, 0.15) is 0 Å². The number of carboxylic acids is 1. The largest absolute Gasteiger partial charge is 0.481 e. The van der Waals surface area contributed by atoms with E-state index in [1.807, 2.05) is 0 Å². The van der Waals surface area contributed by atoms with E-state index < -0.39 is 5.97 Å². The predicted molar refractivity (Wildman–Crippen MR) is 78.8 cm³/mol. The standard InChI is InChI=1S/C16H30O4/c1-3-5-13-7-8-15(16(17)18)14(12-13)6-4-9-20-11-10-19-2/h13-15H,3-12H2,1-2H3,(H,17,18). The predicted octanol–water partition coefficient (Wildman–Crippen LogP) is 3.35. The molecule has 4 nitrogen and oxygen atoms in total. The van der Waals surface area contributed by atoms with Crippen LogP contribution in [0.15, 0.2) is 0 Å². The molecule has 4 heteroatoms. The van der Waals surface area contributed by atoms with Crippen LogP contribution in [0.4, 0.5) is 0 Å². The second-order valence-electron chi connectivity index (χ2n) is 5.92. The minimum absolute atomic E-state index is 0.137. The molecule has 1 saturated carbocycles. The molecule has 3 unspecified atom stereocenters. The zero-order valence-electron chi connectivity index (χ0n) is 13.0. The molecule has 1 N–H and O–H groups in total. The molecule has 0 aromatic rings. The van der Waals surface area contributed by atoms with Crippen molar-refractivity contribution >= 4 is 5.97 Å². The fourth-order valence-electron chi connectivity index (χ4n) is 3.37. The van der Waals surface area contributed by atoms with Crippen LogP contribution in [0.1, 0.15) is 51.9 Å². The van der Waals surface area contributed by atoms with Crippen molar-refractivity contribution in [3.05, 3.63) is 0 Å². The maximum absolute atomic E-state index is 11.4. The van der Waals surface area contributed by atoms with E-state index in [4.69, 9.17) is 9.47 Å². The Bertz CT molecular complexity index is 267. The van der Waals surface area contributed by atoms with Crippen LogP contribution >= 0.6 is 0 Å². The van der Waals surface area contributed by atoms with E-state index in [0.29, 0.717) is 25.7 Å². The third-order valence-corrected chi connectivity index (χ3v) is 4.40.